The van der Waals surface area contributed by atoms with Crippen molar-refractivity contribution in [1.29, 1.82) is 0 Å². The molecule has 0 aliphatic carbocycles. The van der Waals surface area contributed by atoms with Crippen LogP contribution in [0, 0.1) is 0 Å². The topological polar surface area (TPSA) is 60.8 Å². The molecule has 0 saturated carbocycles. The smallest absolute Gasteiger partial charge is 0.292 e. The second-order valence-electron chi connectivity index (χ2n) is 5.51. The molecule has 0 heterocycles. The predicted octanol–water partition coefficient (Wildman–Crippen LogP) is 4.00. The van der Waals surface area contributed by atoms with Gasteiger partial charge in [-0.25, -0.2) is 0 Å². The molecule has 0 aromatic heterocycles. The number of para-hydroxylation sites is 1. The molecule has 0 saturated heterocycles. The lowest BCUT2D eigenvalue weighted by Crippen LogP contribution is -2.46. The first-order chi connectivity index (χ1) is 12.0. The van der Waals surface area contributed by atoms with Crippen molar-refractivity contribution in [2.45, 2.75) is 5.60 Å². The summed E-state index contributed by atoms with van der Waals surface area (Å²) >= 11 is 6.07. The molecule has 0 atom stereocenters. The van der Waals surface area contributed by atoms with Gasteiger partial charge in [-0.05, 0) is 23.3 Å². The van der Waals surface area contributed by atoms with Crippen molar-refractivity contribution < 1.29 is 15.1 Å². The van der Waals surface area contributed by atoms with E-state index in [2.05, 4.69) is 0 Å². The second kappa shape index (κ2) is 7.07. The first-order valence-corrected chi connectivity index (χ1v) is 8.04. The van der Waals surface area contributed by atoms with Crippen molar-refractivity contribution in [3.8, 4) is 0 Å². The molecule has 4 nitrogen and oxygen atoms in total. The van der Waals surface area contributed by atoms with Crippen LogP contribution >= 0.6 is 11.6 Å². The maximum absolute atomic E-state index is 13.1. The van der Waals surface area contributed by atoms with Gasteiger partial charge in [-0.15, -0.1) is 0 Å². The Morgan fingerprint density at radius 3 is 1.72 bits per heavy atom. The van der Waals surface area contributed by atoms with E-state index >= 15 is 0 Å². The zero-order valence-corrected chi connectivity index (χ0v) is 14.0. The molecule has 0 aliphatic heterocycles. The molecule has 5 heteroatoms. The van der Waals surface area contributed by atoms with E-state index in [1.54, 1.807) is 78.9 Å². The Kier molecular flexibility index (Phi) is 4.86. The van der Waals surface area contributed by atoms with Crippen LogP contribution in [0.25, 0.3) is 0 Å². The summed E-state index contributed by atoms with van der Waals surface area (Å²) in [4.78, 5) is 13.1. The first kappa shape index (κ1) is 17.2. The third kappa shape index (κ3) is 3.15. The Labute approximate surface area is 150 Å². The molecule has 0 unspecified atom stereocenters. The number of hydrogen-bond donors (Lipinski definition) is 2. The fraction of sp³-hybridized carbons (Fsp3) is 0.0500. The standard InChI is InChI=1S/C20H16ClNO3/c21-17-13-7-8-14-18(17)22(25)19(23)20(24,15-9-3-1-4-10-15)16-11-5-2-6-12-16/h1-14,24-25H. The van der Waals surface area contributed by atoms with E-state index in [0.717, 1.165) is 0 Å². The number of carbonyl (C=O) groups excluding carboxylic acids is 1. The molecule has 0 aliphatic rings. The van der Waals surface area contributed by atoms with Gasteiger partial charge in [0.2, 0.25) is 0 Å². The Balaban J connectivity index is 2.12. The van der Waals surface area contributed by atoms with Crippen molar-refractivity contribution >= 4 is 23.2 Å². The van der Waals surface area contributed by atoms with E-state index in [4.69, 9.17) is 11.6 Å². The number of amides is 1. The molecule has 126 valence electrons. The van der Waals surface area contributed by atoms with Crippen LogP contribution in [0.15, 0.2) is 84.9 Å². The minimum absolute atomic E-state index is 0.0967. The van der Waals surface area contributed by atoms with Crippen molar-refractivity contribution in [3.05, 3.63) is 101 Å². The molecule has 0 radical (unpaired) electrons. The van der Waals surface area contributed by atoms with Gasteiger partial charge in [0.15, 0.2) is 5.60 Å². The van der Waals surface area contributed by atoms with Crippen LogP contribution in [0.5, 0.6) is 0 Å². The van der Waals surface area contributed by atoms with Gasteiger partial charge in [-0.2, -0.15) is 5.06 Å². The maximum Gasteiger partial charge on any atom is 0.292 e. The van der Waals surface area contributed by atoms with Gasteiger partial charge in [-0.1, -0.05) is 84.4 Å². The number of carbonyl (C=O) groups is 1. The van der Waals surface area contributed by atoms with Gasteiger partial charge in [0.25, 0.3) is 5.91 Å². The largest absolute Gasteiger partial charge is 0.372 e. The lowest BCUT2D eigenvalue weighted by atomic mass is 9.85. The van der Waals surface area contributed by atoms with Gasteiger partial charge in [-0.3, -0.25) is 10.0 Å². The average molecular weight is 354 g/mol. The number of hydrogen-bond acceptors (Lipinski definition) is 3. The summed E-state index contributed by atoms with van der Waals surface area (Å²) in [5.41, 5.74) is -1.27. The predicted molar refractivity (Wildman–Crippen MR) is 96.6 cm³/mol. The van der Waals surface area contributed by atoms with E-state index in [-0.39, 0.29) is 10.7 Å². The first-order valence-electron chi connectivity index (χ1n) is 7.66. The number of halogens is 1. The monoisotopic (exact) mass is 353 g/mol. The van der Waals surface area contributed by atoms with E-state index < -0.39 is 11.5 Å². The lowest BCUT2D eigenvalue weighted by Gasteiger charge is -2.31. The van der Waals surface area contributed by atoms with Crippen molar-refractivity contribution in [1.82, 2.24) is 0 Å². The molecule has 3 aromatic carbocycles. The number of benzene rings is 3. The van der Waals surface area contributed by atoms with Gasteiger partial charge in [0.1, 0.15) is 0 Å². The Morgan fingerprint density at radius 2 is 1.24 bits per heavy atom. The zero-order chi connectivity index (χ0) is 17.9. The van der Waals surface area contributed by atoms with Gasteiger partial charge in [0.05, 0.1) is 10.7 Å². The van der Waals surface area contributed by atoms with Crippen LogP contribution < -0.4 is 5.06 Å². The third-order valence-electron chi connectivity index (χ3n) is 3.97. The van der Waals surface area contributed by atoms with Crippen molar-refractivity contribution in [2.24, 2.45) is 0 Å². The zero-order valence-electron chi connectivity index (χ0n) is 13.2. The van der Waals surface area contributed by atoms with E-state index in [1.165, 1.54) is 6.07 Å². The molecule has 0 spiro atoms. The van der Waals surface area contributed by atoms with E-state index in [0.29, 0.717) is 16.2 Å². The summed E-state index contributed by atoms with van der Waals surface area (Å²) in [5, 5.41) is 22.4. The molecular formula is C20H16ClNO3. The summed E-state index contributed by atoms with van der Waals surface area (Å²) < 4.78 is 0. The molecule has 1 amide bonds. The number of aliphatic hydroxyl groups is 1. The Morgan fingerprint density at radius 1 is 0.800 bits per heavy atom. The van der Waals surface area contributed by atoms with Crippen LogP contribution in [-0.2, 0) is 10.4 Å². The normalized spacial score (nSPS) is 11.2. The number of anilines is 1. The lowest BCUT2D eigenvalue weighted by molar-refractivity contribution is -0.139. The summed E-state index contributed by atoms with van der Waals surface area (Å²) in [5.74, 6) is -0.919. The summed E-state index contributed by atoms with van der Waals surface area (Å²) in [6.07, 6.45) is 0. The average Bonchev–Trinajstić information content (AvgIpc) is 2.68. The van der Waals surface area contributed by atoms with Crippen LogP contribution in [0.1, 0.15) is 11.1 Å². The third-order valence-corrected chi connectivity index (χ3v) is 4.29. The van der Waals surface area contributed by atoms with Crippen LogP contribution in [0.2, 0.25) is 5.02 Å². The molecular weight excluding hydrogens is 338 g/mol. The highest BCUT2D eigenvalue weighted by molar-refractivity contribution is 6.33. The number of rotatable bonds is 4. The van der Waals surface area contributed by atoms with Crippen molar-refractivity contribution in [2.75, 3.05) is 5.06 Å². The summed E-state index contributed by atoms with van der Waals surface area (Å²) in [7, 11) is 0. The van der Waals surface area contributed by atoms with E-state index in [9.17, 15) is 15.1 Å². The van der Waals surface area contributed by atoms with Gasteiger partial charge in [0, 0.05) is 0 Å². The highest BCUT2D eigenvalue weighted by Crippen LogP contribution is 2.34. The minimum Gasteiger partial charge on any atom is -0.372 e. The highest BCUT2D eigenvalue weighted by Gasteiger charge is 2.43. The second-order valence-corrected chi connectivity index (χ2v) is 5.92. The summed E-state index contributed by atoms with van der Waals surface area (Å²) in [6, 6.07) is 23.3. The summed E-state index contributed by atoms with van der Waals surface area (Å²) in [6.45, 7) is 0. The fourth-order valence-corrected chi connectivity index (χ4v) is 2.87. The SMILES string of the molecule is O=C(N(O)c1ccccc1Cl)C(O)(c1ccccc1)c1ccccc1. The van der Waals surface area contributed by atoms with Crippen LogP contribution in [0.4, 0.5) is 5.69 Å². The molecule has 25 heavy (non-hydrogen) atoms. The van der Waals surface area contributed by atoms with Gasteiger partial charge < -0.3 is 5.11 Å². The van der Waals surface area contributed by atoms with Crippen LogP contribution in [0.3, 0.4) is 0 Å². The minimum atomic E-state index is -2.06. The number of hydroxylamine groups is 1. The number of nitrogens with zero attached hydrogens (tertiary/aromatic N) is 1. The Bertz CT molecular complexity index is 829. The quantitative estimate of drug-likeness (QED) is 0.550. The van der Waals surface area contributed by atoms with Gasteiger partial charge >= 0.3 is 0 Å². The maximum atomic E-state index is 13.1. The molecule has 0 fully saturated rings. The highest BCUT2D eigenvalue weighted by atomic mass is 35.5. The molecule has 2 N–H and O–H groups in total. The fourth-order valence-electron chi connectivity index (χ4n) is 2.66. The van der Waals surface area contributed by atoms with E-state index in [1.807, 2.05) is 0 Å². The molecule has 0 bridgehead atoms. The Hall–Kier alpha value is -2.66. The molecule has 3 aromatic rings. The van der Waals surface area contributed by atoms with Crippen molar-refractivity contribution in [3.63, 3.8) is 0 Å². The van der Waals surface area contributed by atoms with Crippen LogP contribution in [-0.4, -0.2) is 16.2 Å². The molecule has 3 rings (SSSR count).